The van der Waals surface area contributed by atoms with Crippen molar-refractivity contribution in [3.8, 4) is 0 Å². The normalized spacial score (nSPS) is 21.0. The molecule has 0 unspecified atom stereocenters. The van der Waals surface area contributed by atoms with Gasteiger partial charge in [0.15, 0.2) is 0 Å². The number of hydrogen-bond acceptors (Lipinski definition) is 3. The van der Waals surface area contributed by atoms with E-state index in [4.69, 9.17) is 0 Å². The number of piperidine rings is 1. The minimum Gasteiger partial charge on any atom is -0.392 e. The fraction of sp³-hybridized carbons (Fsp3) is 0.609. The molecule has 2 amide bonds. The third-order valence-electron chi connectivity index (χ3n) is 6.85. The molecule has 30 heavy (non-hydrogen) atoms. The molecule has 1 aromatic carbocycles. The maximum absolute atomic E-state index is 12.8. The van der Waals surface area contributed by atoms with Crippen LogP contribution < -0.4 is 5.43 Å². The van der Waals surface area contributed by atoms with Gasteiger partial charge in [-0.3, -0.25) is 4.90 Å². The van der Waals surface area contributed by atoms with Gasteiger partial charge < -0.3 is 10.0 Å². The summed E-state index contributed by atoms with van der Waals surface area (Å²) in [4.78, 5) is 17.2. The number of hydrogen-bond donors (Lipinski definition) is 2. The molecule has 164 valence electrons. The van der Waals surface area contributed by atoms with Crippen LogP contribution in [-0.2, 0) is 13.0 Å². The highest BCUT2D eigenvalue weighted by atomic mass is 79.9. The van der Waals surface area contributed by atoms with Crippen molar-refractivity contribution in [3.05, 3.63) is 33.4 Å². The molecule has 2 N–H and O–H groups in total. The summed E-state index contributed by atoms with van der Waals surface area (Å²) in [5.74, 6) is 0.480. The Kier molecular flexibility index (Phi) is 6.42. The summed E-state index contributed by atoms with van der Waals surface area (Å²) >= 11 is 3.81. The van der Waals surface area contributed by atoms with Crippen LogP contribution in [0.1, 0.15) is 62.6 Å². The zero-order valence-corrected chi connectivity index (χ0v) is 19.8. The smallest absolute Gasteiger partial charge is 0.336 e. The Balaban J connectivity index is 1.84. The second kappa shape index (κ2) is 8.89. The lowest BCUT2D eigenvalue weighted by atomic mass is 9.74. The highest BCUT2D eigenvalue weighted by molar-refractivity contribution is 9.10. The van der Waals surface area contributed by atoms with Gasteiger partial charge in [-0.05, 0) is 91.3 Å². The van der Waals surface area contributed by atoms with E-state index in [9.17, 15) is 9.90 Å². The zero-order chi connectivity index (χ0) is 21.4. The molecule has 1 aromatic heterocycles. The largest absolute Gasteiger partial charge is 0.392 e. The summed E-state index contributed by atoms with van der Waals surface area (Å²) in [6.07, 6.45) is 4.54. The molecule has 1 aliphatic heterocycles. The van der Waals surface area contributed by atoms with Crippen LogP contribution in [-0.4, -0.2) is 57.8 Å². The first-order valence-electron chi connectivity index (χ1n) is 11.3. The third kappa shape index (κ3) is 3.55. The van der Waals surface area contributed by atoms with Gasteiger partial charge in [-0.2, -0.15) is 0 Å². The number of benzene rings is 1. The molecule has 0 spiro atoms. The van der Waals surface area contributed by atoms with Crippen molar-refractivity contribution >= 4 is 32.9 Å². The van der Waals surface area contributed by atoms with E-state index >= 15 is 0 Å². The van der Waals surface area contributed by atoms with Gasteiger partial charge in [0, 0.05) is 30.4 Å². The molecule has 2 atom stereocenters. The van der Waals surface area contributed by atoms with Crippen LogP contribution in [0.25, 0.3) is 10.9 Å². The monoisotopic (exact) mass is 476 g/mol. The van der Waals surface area contributed by atoms with Gasteiger partial charge in [-0.1, -0.05) is 13.0 Å². The Bertz CT molecular complexity index is 935. The Morgan fingerprint density at radius 1 is 1.30 bits per heavy atom. The van der Waals surface area contributed by atoms with Crippen LogP contribution in [0.4, 0.5) is 4.79 Å². The fourth-order valence-corrected chi connectivity index (χ4v) is 6.09. The van der Waals surface area contributed by atoms with Crippen LogP contribution in [0.5, 0.6) is 0 Å². The fourth-order valence-electron chi connectivity index (χ4n) is 5.45. The first-order chi connectivity index (χ1) is 14.5. The number of nitrogens with zero attached hydrogens (tertiary/aromatic N) is 3. The number of carbonyl (C=O) groups excluding carboxylic acids is 1. The Hall–Kier alpha value is -1.57. The van der Waals surface area contributed by atoms with Crippen molar-refractivity contribution in [2.75, 3.05) is 31.6 Å². The maximum Gasteiger partial charge on any atom is 0.336 e. The number of aliphatic hydroxyl groups excluding tert-OH is 1. The van der Waals surface area contributed by atoms with Gasteiger partial charge in [0.25, 0.3) is 0 Å². The topological polar surface area (TPSA) is 60.7 Å². The van der Waals surface area contributed by atoms with E-state index in [1.807, 2.05) is 24.6 Å². The summed E-state index contributed by atoms with van der Waals surface area (Å²) in [5, 5.41) is 11.2. The van der Waals surface area contributed by atoms with E-state index in [2.05, 4.69) is 39.2 Å². The predicted molar refractivity (Wildman–Crippen MR) is 125 cm³/mol. The Morgan fingerprint density at radius 2 is 2.07 bits per heavy atom. The van der Waals surface area contributed by atoms with E-state index in [-0.39, 0.29) is 12.6 Å². The van der Waals surface area contributed by atoms with Crippen molar-refractivity contribution in [3.63, 3.8) is 0 Å². The third-order valence-corrected chi connectivity index (χ3v) is 7.69. The Morgan fingerprint density at radius 3 is 2.73 bits per heavy atom. The number of aliphatic hydroxyl groups is 1. The molecular weight excluding hydrogens is 444 g/mol. The van der Waals surface area contributed by atoms with Crippen LogP contribution >= 0.6 is 15.9 Å². The molecule has 7 heteroatoms. The van der Waals surface area contributed by atoms with Gasteiger partial charge in [0.2, 0.25) is 0 Å². The number of aromatic nitrogens is 1. The molecule has 0 saturated carbocycles. The standard InChI is InChI=1S/C23H33BrN4O2/c1-4-9-27-10-7-8-16-17-11-15(14-29)12-20-21(17)18(13-19(16)27)22(24)28(20)25-23(30)26(5-2)6-3/h11-12,16,19,29H,4-10,13-14H2,1-3H3,(H,25,30)/t16-,19-/m1/s1. The summed E-state index contributed by atoms with van der Waals surface area (Å²) in [5.41, 5.74) is 7.58. The number of likely N-dealkylation sites (tertiary alicyclic amines) is 1. The van der Waals surface area contributed by atoms with E-state index in [1.165, 1.54) is 29.4 Å². The van der Waals surface area contributed by atoms with Gasteiger partial charge >= 0.3 is 6.03 Å². The number of amides is 2. The second-order valence-electron chi connectivity index (χ2n) is 8.49. The molecule has 1 aliphatic carbocycles. The summed E-state index contributed by atoms with van der Waals surface area (Å²) in [7, 11) is 0. The summed E-state index contributed by atoms with van der Waals surface area (Å²) in [6.45, 7) is 9.82. The van der Waals surface area contributed by atoms with E-state index in [1.54, 1.807) is 4.90 Å². The van der Waals surface area contributed by atoms with Crippen molar-refractivity contribution < 1.29 is 9.90 Å². The zero-order valence-electron chi connectivity index (χ0n) is 18.2. The van der Waals surface area contributed by atoms with Crippen molar-refractivity contribution in [2.24, 2.45) is 0 Å². The van der Waals surface area contributed by atoms with Gasteiger partial charge in [-0.15, -0.1) is 0 Å². The number of fused-ring (bicyclic) bond motifs is 2. The molecule has 2 heterocycles. The van der Waals surface area contributed by atoms with Crippen LogP contribution in [0, 0.1) is 0 Å². The first kappa shape index (κ1) is 21.7. The number of rotatable bonds is 6. The molecule has 0 bridgehead atoms. The second-order valence-corrected chi connectivity index (χ2v) is 9.24. The molecule has 0 radical (unpaired) electrons. The average molecular weight is 477 g/mol. The maximum atomic E-state index is 12.8. The molecule has 2 aromatic rings. The lowest BCUT2D eigenvalue weighted by Crippen LogP contribution is -2.47. The molecular formula is C23H33BrN4O2. The van der Waals surface area contributed by atoms with Crippen molar-refractivity contribution in [1.29, 1.82) is 0 Å². The van der Waals surface area contributed by atoms with Crippen LogP contribution in [0.2, 0.25) is 0 Å². The van der Waals surface area contributed by atoms with E-state index in [0.29, 0.717) is 25.0 Å². The average Bonchev–Trinajstić information content (AvgIpc) is 3.01. The number of nitrogens with one attached hydrogen (secondary N) is 1. The van der Waals surface area contributed by atoms with Crippen molar-refractivity contribution in [1.82, 2.24) is 14.5 Å². The van der Waals surface area contributed by atoms with Crippen LogP contribution in [0.3, 0.4) is 0 Å². The molecule has 4 rings (SSSR count). The van der Waals surface area contributed by atoms with Gasteiger partial charge in [-0.25, -0.2) is 14.9 Å². The molecule has 2 aliphatic rings. The molecule has 1 saturated heterocycles. The lowest BCUT2D eigenvalue weighted by molar-refractivity contribution is 0.124. The summed E-state index contributed by atoms with van der Waals surface area (Å²) < 4.78 is 2.81. The van der Waals surface area contributed by atoms with E-state index in [0.717, 1.165) is 41.6 Å². The molecule has 6 nitrogen and oxygen atoms in total. The first-order valence-corrected chi connectivity index (χ1v) is 12.1. The predicted octanol–water partition coefficient (Wildman–Crippen LogP) is 4.42. The number of urea groups is 1. The SMILES string of the molecule is CCCN1CCC[C@@H]2c3cc(CO)cc4c3c(c(Br)n4NC(=O)N(CC)CC)C[C@H]21. The minimum absolute atomic E-state index is 0.00112. The van der Waals surface area contributed by atoms with Crippen LogP contribution in [0.15, 0.2) is 16.7 Å². The van der Waals surface area contributed by atoms with Gasteiger partial charge in [0.05, 0.1) is 12.1 Å². The van der Waals surface area contributed by atoms with Crippen molar-refractivity contribution in [2.45, 2.75) is 65.0 Å². The highest BCUT2D eigenvalue weighted by Gasteiger charge is 2.39. The quantitative estimate of drug-likeness (QED) is 0.648. The van der Waals surface area contributed by atoms with Gasteiger partial charge in [0.1, 0.15) is 4.60 Å². The summed E-state index contributed by atoms with van der Waals surface area (Å²) in [6, 6.07) is 4.59. The lowest BCUT2D eigenvalue weighted by Gasteiger charge is -2.44. The number of halogens is 1. The Labute approximate surface area is 187 Å². The highest BCUT2D eigenvalue weighted by Crippen LogP contribution is 2.47. The number of carbonyl (C=O) groups is 1. The molecule has 1 fully saturated rings. The van der Waals surface area contributed by atoms with E-state index < -0.39 is 0 Å². The minimum atomic E-state index is -0.107.